The lowest BCUT2D eigenvalue weighted by Gasteiger charge is -2.27. The van der Waals surface area contributed by atoms with Gasteiger partial charge in [0, 0.05) is 36.4 Å². The lowest BCUT2D eigenvalue weighted by Crippen LogP contribution is -2.55. The summed E-state index contributed by atoms with van der Waals surface area (Å²) in [7, 11) is 0. The molecule has 1 aliphatic rings. The number of carbonyl (C=O) groups is 4. The fourth-order valence-corrected chi connectivity index (χ4v) is 5.21. The molecule has 1 aromatic carbocycles. The molecule has 2 bridgehead atoms. The van der Waals surface area contributed by atoms with Crippen molar-refractivity contribution in [2.45, 2.75) is 96.8 Å². The molecule has 4 atom stereocenters. The van der Waals surface area contributed by atoms with E-state index in [-0.39, 0.29) is 36.5 Å². The summed E-state index contributed by atoms with van der Waals surface area (Å²) in [6.45, 7) is 5.80. The zero-order chi connectivity index (χ0) is 29.4. The Morgan fingerprint density at radius 3 is 2.59 bits per heavy atom. The van der Waals surface area contributed by atoms with Crippen molar-refractivity contribution in [1.29, 1.82) is 0 Å². The van der Waals surface area contributed by atoms with Gasteiger partial charge in [-0.1, -0.05) is 63.4 Å². The van der Waals surface area contributed by atoms with Gasteiger partial charge in [-0.2, -0.15) is 0 Å². The van der Waals surface area contributed by atoms with Crippen LogP contribution in [0.4, 0.5) is 0 Å². The Balaban J connectivity index is 1.60. The third kappa shape index (κ3) is 7.80. The summed E-state index contributed by atoms with van der Waals surface area (Å²) < 4.78 is 1.43. The molecule has 4 N–H and O–H groups in total. The van der Waals surface area contributed by atoms with Crippen molar-refractivity contribution in [1.82, 2.24) is 35.9 Å². The molecule has 3 aromatic rings. The van der Waals surface area contributed by atoms with Crippen LogP contribution in [0.2, 0.25) is 0 Å². The number of unbranched alkanes of at least 4 members (excludes halogenated alkanes) is 2. The summed E-state index contributed by atoms with van der Waals surface area (Å²) in [5.74, 6) is -0.854. The number of Topliss-reactive ketones (excluding diaryl/α,β-unsaturated/α-hetero) is 1. The standard InChI is InChI=1S/C30H41N7O4/c1-4-19(3)28-26-17-37(36-35-26)18-27(39)32-24(14-8-6-7-11-21(38)5-2)29(40)33-25(30(41)34-28)15-20-16-31-23-13-10-9-12-22(20)23/h9-10,12-13,16-17,19,24-25,28,31H,4-8,11,14-15,18H2,1-3H3,(H,32,39)(H,33,40)(H,34,41)/t19?,24-,25-,28?/m0/s1. The first-order valence-corrected chi connectivity index (χ1v) is 14.7. The third-order valence-corrected chi connectivity index (χ3v) is 7.92. The molecule has 41 heavy (non-hydrogen) atoms. The van der Waals surface area contributed by atoms with E-state index < -0.39 is 24.0 Å². The normalized spacial score (nSPS) is 20.8. The zero-order valence-electron chi connectivity index (χ0n) is 24.1. The van der Waals surface area contributed by atoms with Gasteiger partial charge in [0.2, 0.25) is 17.7 Å². The van der Waals surface area contributed by atoms with Gasteiger partial charge in [0.05, 0.1) is 12.2 Å². The first kappa shape index (κ1) is 30.0. The molecule has 0 aliphatic carbocycles. The molecule has 0 saturated carbocycles. The first-order valence-electron chi connectivity index (χ1n) is 14.7. The fourth-order valence-electron chi connectivity index (χ4n) is 5.21. The maximum absolute atomic E-state index is 13.8. The van der Waals surface area contributed by atoms with Gasteiger partial charge in [-0.15, -0.1) is 5.10 Å². The van der Waals surface area contributed by atoms with Crippen molar-refractivity contribution in [2.75, 3.05) is 0 Å². The molecule has 2 aromatic heterocycles. The average molecular weight is 564 g/mol. The summed E-state index contributed by atoms with van der Waals surface area (Å²) in [6, 6.07) is 5.66. The van der Waals surface area contributed by atoms with Crippen LogP contribution in [-0.2, 0) is 32.1 Å². The number of aromatic amines is 1. The molecule has 4 rings (SSSR count). The molecular weight excluding hydrogens is 522 g/mol. The van der Waals surface area contributed by atoms with Gasteiger partial charge in [-0.05, 0) is 30.4 Å². The zero-order valence-corrected chi connectivity index (χ0v) is 24.1. The topological polar surface area (TPSA) is 151 Å². The minimum Gasteiger partial charge on any atom is -0.361 e. The number of rotatable bonds is 11. The van der Waals surface area contributed by atoms with Crippen molar-refractivity contribution in [3.8, 4) is 0 Å². The number of carbonyl (C=O) groups excluding carboxylic acids is 4. The molecule has 2 unspecified atom stereocenters. The van der Waals surface area contributed by atoms with Crippen molar-refractivity contribution >= 4 is 34.4 Å². The van der Waals surface area contributed by atoms with Gasteiger partial charge in [0.25, 0.3) is 0 Å². The molecule has 3 heterocycles. The maximum atomic E-state index is 13.8. The van der Waals surface area contributed by atoms with E-state index in [1.165, 1.54) is 4.68 Å². The Bertz CT molecular complexity index is 1360. The van der Waals surface area contributed by atoms with E-state index in [2.05, 4.69) is 31.2 Å². The number of ketones is 1. The number of nitrogens with one attached hydrogen (secondary N) is 4. The predicted octanol–water partition coefficient (Wildman–Crippen LogP) is 3.12. The van der Waals surface area contributed by atoms with Crippen molar-refractivity contribution in [3.63, 3.8) is 0 Å². The summed E-state index contributed by atoms with van der Waals surface area (Å²) in [6.07, 6.45) is 8.15. The SMILES string of the molecule is CCC(=O)CCCCC[C@@H]1NC(=O)Cn2cc(nn2)C(C(C)CC)NC(=O)[C@H](Cc2c[nH]c3ccccc23)NC1=O. The van der Waals surface area contributed by atoms with E-state index >= 15 is 0 Å². The van der Waals surface area contributed by atoms with Gasteiger partial charge in [0.1, 0.15) is 30.1 Å². The van der Waals surface area contributed by atoms with Crippen LogP contribution in [0, 0.1) is 5.92 Å². The van der Waals surface area contributed by atoms with Crippen molar-refractivity contribution < 1.29 is 19.2 Å². The molecule has 11 heteroatoms. The number of aromatic nitrogens is 4. The number of fused-ring (bicyclic) bond motifs is 3. The molecule has 0 radical (unpaired) electrons. The van der Waals surface area contributed by atoms with Crippen LogP contribution in [-0.4, -0.2) is 55.6 Å². The van der Waals surface area contributed by atoms with Crippen LogP contribution in [0.1, 0.15) is 83.0 Å². The van der Waals surface area contributed by atoms with Crippen molar-refractivity contribution in [3.05, 3.63) is 47.9 Å². The molecule has 11 nitrogen and oxygen atoms in total. The Kier molecular flexibility index (Phi) is 10.3. The number of amides is 3. The van der Waals surface area contributed by atoms with E-state index in [9.17, 15) is 19.2 Å². The Hall–Kier alpha value is -4.02. The molecule has 0 saturated heterocycles. The van der Waals surface area contributed by atoms with E-state index in [1.807, 2.05) is 51.2 Å². The second-order valence-electron chi connectivity index (χ2n) is 10.9. The summed E-state index contributed by atoms with van der Waals surface area (Å²) in [4.78, 5) is 55.3. The van der Waals surface area contributed by atoms with Gasteiger partial charge < -0.3 is 20.9 Å². The third-order valence-electron chi connectivity index (χ3n) is 7.92. The van der Waals surface area contributed by atoms with Gasteiger partial charge >= 0.3 is 0 Å². The van der Waals surface area contributed by atoms with Crippen LogP contribution in [0.25, 0.3) is 10.9 Å². The van der Waals surface area contributed by atoms with E-state index in [0.717, 1.165) is 35.7 Å². The molecule has 0 spiro atoms. The summed E-state index contributed by atoms with van der Waals surface area (Å²) in [5, 5.41) is 18.3. The predicted molar refractivity (Wildman–Crippen MR) is 155 cm³/mol. The van der Waals surface area contributed by atoms with Gasteiger partial charge in [0.15, 0.2) is 0 Å². The van der Waals surface area contributed by atoms with Crippen LogP contribution in [0.3, 0.4) is 0 Å². The Morgan fingerprint density at radius 1 is 1.02 bits per heavy atom. The van der Waals surface area contributed by atoms with Gasteiger partial charge in [-0.3, -0.25) is 19.2 Å². The second kappa shape index (κ2) is 14.0. The number of benzene rings is 1. The molecule has 0 fully saturated rings. The Labute approximate surface area is 240 Å². The molecular formula is C30H41N7O4. The lowest BCUT2D eigenvalue weighted by molar-refractivity contribution is -0.132. The fraction of sp³-hybridized carbons (Fsp3) is 0.533. The van der Waals surface area contributed by atoms with Crippen LogP contribution < -0.4 is 16.0 Å². The minimum absolute atomic E-state index is 0.0415. The smallest absolute Gasteiger partial charge is 0.243 e. The monoisotopic (exact) mass is 563 g/mol. The van der Waals surface area contributed by atoms with Crippen LogP contribution >= 0.6 is 0 Å². The number of nitrogens with zero attached hydrogens (tertiary/aromatic N) is 3. The number of hydrogen-bond acceptors (Lipinski definition) is 6. The highest BCUT2D eigenvalue weighted by Gasteiger charge is 2.32. The second-order valence-corrected chi connectivity index (χ2v) is 10.9. The molecule has 220 valence electrons. The largest absolute Gasteiger partial charge is 0.361 e. The van der Waals surface area contributed by atoms with Crippen LogP contribution in [0.15, 0.2) is 36.7 Å². The lowest BCUT2D eigenvalue weighted by atomic mass is 9.95. The minimum atomic E-state index is -0.884. The van der Waals surface area contributed by atoms with E-state index in [4.69, 9.17) is 0 Å². The summed E-state index contributed by atoms with van der Waals surface area (Å²) in [5.41, 5.74) is 2.41. The van der Waals surface area contributed by atoms with Crippen LogP contribution in [0.5, 0.6) is 0 Å². The number of hydrogen-bond donors (Lipinski definition) is 4. The average Bonchev–Trinajstić information content (AvgIpc) is 3.60. The summed E-state index contributed by atoms with van der Waals surface area (Å²) >= 11 is 0. The molecule has 3 amide bonds. The number of H-pyrrole nitrogens is 1. The highest BCUT2D eigenvalue weighted by Crippen LogP contribution is 2.24. The Morgan fingerprint density at radius 2 is 1.80 bits per heavy atom. The first-order chi connectivity index (χ1) is 19.8. The van der Waals surface area contributed by atoms with E-state index in [1.54, 1.807) is 6.20 Å². The van der Waals surface area contributed by atoms with Crippen molar-refractivity contribution in [2.24, 2.45) is 5.92 Å². The highest BCUT2D eigenvalue weighted by atomic mass is 16.2. The quantitative estimate of drug-likeness (QED) is 0.263. The van der Waals surface area contributed by atoms with Gasteiger partial charge in [-0.25, -0.2) is 4.68 Å². The van der Waals surface area contributed by atoms with E-state index in [0.29, 0.717) is 31.4 Å². The molecule has 1 aliphatic heterocycles. The highest BCUT2D eigenvalue weighted by molar-refractivity contribution is 5.93. The number of para-hydroxylation sites is 1. The maximum Gasteiger partial charge on any atom is 0.243 e.